The summed E-state index contributed by atoms with van der Waals surface area (Å²) in [4.78, 5) is 11.0. The van der Waals surface area contributed by atoms with E-state index in [4.69, 9.17) is 0 Å². The van der Waals surface area contributed by atoms with Crippen LogP contribution in [0.4, 0.5) is 0 Å². The largest absolute Gasteiger partial charge is 0.274 e. The van der Waals surface area contributed by atoms with Gasteiger partial charge >= 0.3 is 0 Å². The molecule has 0 aliphatic carbocycles. The molecule has 0 spiro atoms. The van der Waals surface area contributed by atoms with E-state index in [2.05, 4.69) is 24.0 Å². The van der Waals surface area contributed by atoms with Crippen LogP contribution in [0.15, 0.2) is 59.8 Å². The molecule has 0 aliphatic rings. The predicted octanol–water partition coefficient (Wildman–Crippen LogP) is 4.81. The summed E-state index contributed by atoms with van der Waals surface area (Å²) in [6, 6.07) is 17.8. The van der Waals surface area contributed by atoms with Crippen molar-refractivity contribution in [2.24, 2.45) is 0 Å². The van der Waals surface area contributed by atoms with Crippen molar-refractivity contribution in [3.05, 3.63) is 81.7 Å². The van der Waals surface area contributed by atoms with Gasteiger partial charge in [0.05, 0.1) is 0 Å². The summed E-state index contributed by atoms with van der Waals surface area (Å²) < 4.78 is 1.93. The van der Waals surface area contributed by atoms with Crippen molar-refractivity contribution in [3.63, 3.8) is 0 Å². The van der Waals surface area contributed by atoms with E-state index in [1.54, 1.807) is 0 Å². The van der Waals surface area contributed by atoms with Gasteiger partial charge in [0.15, 0.2) is 5.16 Å². The summed E-state index contributed by atoms with van der Waals surface area (Å²) in [5, 5.41) is 20.0. The molecule has 0 fully saturated rings. The van der Waals surface area contributed by atoms with Crippen molar-refractivity contribution in [3.8, 4) is 5.69 Å². The van der Waals surface area contributed by atoms with Crippen molar-refractivity contribution >= 4 is 11.8 Å². The van der Waals surface area contributed by atoms with Crippen molar-refractivity contribution in [1.82, 2.24) is 14.8 Å². The first-order chi connectivity index (χ1) is 13.0. The Morgan fingerprint density at radius 2 is 1.67 bits per heavy atom. The molecule has 1 atom stereocenters. The third-order valence-electron chi connectivity index (χ3n) is 4.35. The maximum atomic E-state index is 11.3. The fourth-order valence-electron chi connectivity index (χ4n) is 2.86. The van der Waals surface area contributed by atoms with E-state index in [1.807, 2.05) is 66.1 Å². The van der Waals surface area contributed by atoms with Gasteiger partial charge in [-0.2, -0.15) is 0 Å². The molecular formula is C20H22N4O2S. The lowest BCUT2D eigenvalue weighted by Crippen LogP contribution is -2.11. The van der Waals surface area contributed by atoms with Gasteiger partial charge < -0.3 is 0 Å². The van der Waals surface area contributed by atoms with Gasteiger partial charge in [-0.3, -0.25) is 14.7 Å². The second-order valence-corrected chi connectivity index (χ2v) is 7.81. The second-order valence-electron chi connectivity index (χ2n) is 6.64. The number of benzene rings is 2. The van der Waals surface area contributed by atoms with Crippen LogP contribution in [0.2, 0.25) is 0 Å². The van der Waals surface area contributed by atoms with Crippen molar-refractivity contribution in [2.45, 2.75) is 37.1 Å². The van der Waals surface area contributed by atoms with E-state index in [0.717, 1.165) is 17.1 Å². The maximum Gasteiger partial charge on any atom is 0.220 e. The summed E-state index contributed by atoms with van der Waals surface area (Å²) in [5.41, 5.74) is 3.07. The molecule has 0 aliphatic heterocycles. The lowest BCUT2D eigenvalue weighted by Gasteiger charge is -2.15. The van der Waals surface area contributed by atoms with E-state index < -0.39 is 0 Å². The van der Waals surface area contributed by atoms with Crippen LogP contribution in [-0.4, -0.2) is 26.2 Å². The molecular weight excluding hydrogens is 360 g/mol. The highest BCUT2D eigenvalue weighted by molar-refractivity contribution is 7.99. The highest BCUT2D eigenvalue weighted by atomic mass is 32.2. The number of nitrogens with zero attached hydrogens (tertiary/aromatic N) is 4. The molecule has 0 N–H and O–H groups in total. The molecule has 0 saturated carbocycles. The highest BCUT2D eigenvalue weighted by Crippen LogP contribution is 2.36. The van der Waals surface area contributed by atoms with E-state index in [1.165, 1.54) is 17.3 Å². The van der Waals surface area contributed by atoms with Gasteiger partial charge in [-0.15, -0.1) is 10.2 Å². The predicted molar refractivity (Wildman–Crippen MR) is 107 cm³/mol. The van der Waals surface area contributed by atoms with E-state index in [0.29, 0.717) is 11.1 Å². The van der Waals surface area contributed by atoms with Gasteiger partial charge in [0.1, 0.15) is 11.1 Å². The molecule has 6 nitrogen and oxygen atoms in total. The monoisotopic (exact) mass is 382 g/mol. The zero-order valence-corrected chi connectivity index (χ0v) is 16.4. The fraction of sp³-hybridized carbons (Fsp3) is 0.300. The SMILES string of the molecule is Cc1nnc(S[C@H](C[N+](=O)[O-])c2ccc(C(C)C)cc2)n1-c1ccccc1. The fourth-order valence-corrected chi connectivity index (χ4v) is 4.04. The minimum absolute atomic E-state index is 0.174. The first kappa shape index (κ1) is 19.1. The summed E-state index contributed by atoms with van der Waals surface area (Å²) in [7, 11) is 0. The Morgan fingerprint density at radius 3 is 2.26 bits per heavy atom. The lowest BCUT2D eigenvalue weighted by molar-refractivity contribution is -0.479. The molecule has 140 valence electrons. The number of hydrogen-bond acceptors (Lipinski definition) is 5. The van der Waals surface area contributed by atoms with Crippen LogP contribution in [0.3, 0.4) is 0 Å². The van der Waals surface area contributed by atoms with Crippen LogP contribution in [0.1, 0.15) is 42.0 Å². The standard InChI is InChI=1S/C20H22N4O2S/c1-14(2)16-9-11-17(12-10-16)19(13-23(25)26)27-20-22-21-15(3)24(20)18-7-5-4-6-8-18/h4-12,14,19H,13H2,1-3H3/t19-/m1/s1. The minimum atomic E-state index is -0.340. The Labute approximate surface area is 162 Å². The molecule has 0 radical (unpaired) electrons. The van der Waals surface area contributed by atoms with Crippen LogP contribution in [-0.2, 0) is 0 Å². The smallest absolute Gasteiger partial charge is 0.220 e. The number of para-hydroxylation sites is 1. The van der Waals surface area contributed by atoms with Crippen LogP contribution in [0.5, 0.6) is 0 Å². The number of aryl methyl sites for hydroxylation is 1. The van der Waals surface area contributed by atoms with Crippen molar-refractivity contribution in [2.75, 3.05) is 6.54 Å². The first-order valence-electron chi connectivity index (χ1n) is 8.81. The summed E-state index contributed by atoms with van der Waals surface area (Å²) in [6.45, 7) is 5.96. The van der Waals surface area contributed by atoms with Crippen LogP contribution >= 0.6 is 11.8 Å². The van der Waals surface area contributed by atoms with Gasteiger partial charge in [0.25, 0.3) is 0 Å². The van der Waals surface area contributed by atoms with Gasteiger partial charge in [-0.05, 0) is 36.1 Å². The Bertz CT molecular complexity index is 907. The van der Waals surface area contributed by atoms with E-state index in [9.17, 15) is 10.1 Å². The summed E-state index contributed by atoms with van der Waals surface area (Å²) in [5.74, 6) is 1.17. The Balaban J connectivity index is 1.93. The third kappa shape index (κ3) is 4.54. The number of nitro groups is 1. The Hall–Kier alpha value is -2.67. The van der Waals surface area contributed by atoms with Gasteiger partial charge in [0.2, 0.25) is 6.54 Å². The summed E-state index contributed by atoms with van der Waals surface area (Å²) >= 11 is 1.37. The molecule has 1 aromatic heterocycles. The number of thioether (sulfide) groups is 1. The van der Waals surface area contributed by atoms with Crippen molar-refractivity contribution < 1.29 is 4.92 Å². The molecule has 0 unspecified atom stereocenters. The molecule has 1 heterocycles. The van der Waals surface area contributed by atoms with Gasteiger partial charge in [0, 0.05) is 10.6 Å². The normalized spacial score (nSPS) is 12.3. The average Bonchev–Trinajstić information content (AvgIpc) is 3.02. The topological polar surface area (TPSA) is 73.8 Å². The van der Waals surface area contributed by atoms with Gasteiger partial charge in [-0.1, -0.05) is 68.1 Å². The highest BCUT2D eigenvalue weighted by Gasteiger charge is 2.23. The van der Waals surface area contributed by atoms with Crippen LogP contribution < -0.4 is 0 Å². The molecule has 7 heteroatoms. The van der Waals surface area contributed by atoms with E-state index >= 15 is 0 Å². The second kappa shape index (κ2) is 8.35. The number of aromatic nitrogens is 3. The Morgan fingerprint density at radius 1 is 1.04 bits per heavy atom. The summed E-state index contributed by atoms with van der Waals surface area (Å²) in [6.07, 6.45) is 0. The number of hydrogen-bond donors (Lipinski definition) is 0. The van der Waals surface area contributed by atoms with Crippen LogP contribution in [0, 0.1) is 17.0 Å². The maximum absolute atomic E-state index is 11.3. The molecule has 27 heavy (non-hydrogen) atoms. The molecule has 3 aromatic rings. The van der Waals surface area contributed by atoms with E-state index in [-0.39, 0.29) is 16.7 Å². The average molecular weight is 382 g/mol. The first-order valence-corrected chi connectivity index (χ1v) is 9.69. The zero-order chi connectivity index (χ0) is 19.4. The molecule has 2 aromatic carbocycles. The van der Waals surface area contributed by atoms with Gasteiger partial charge in [-0.25, -0.2) is 0 Å². The molecule has 0 saturated heterocycles. The van der Waals surface area contributed by atoms with Crippen molar-refractivity contribution in [1.29, 1.82) is 0 Å². The molecule has 0 bridgehead atoms. The zero-order valence-electron chi connectivity index (χ0n) is 15.6. The lowest BCUT2D eigenvalue weighted by atomic mass is 10.0. The minimum Gasteiger partial charge on any atom is -0.274 e. The third-order valence-corrected chi connectivity index (χ3v) is 5.53. The molecule has 0 amide bonds. The number of rotatable bonds is 7. The Kier molecular flexibility index (Phi) is 5.91. The van der Waals surface area contributed by atoms with Crippen LogP contribution in [0.25, 0.3) is 5.69 Å². The quantitative estimate of drug-likeness (QED) is 0.333. The molecule has 3 rings (SSSR count).